The summed E-state index contributed by atoms with van der Waals surface area (Å²) in [6.45, 7) is 3.62. The molecule has 0 amide bonds. The van der Waals surface area contributed by atoms with Gasteiger partial charge >= 0.3 is 0 Å². The summed E-state index contributed by atoms with van der Waals surface area (Å²) in [5, 5.41) is 6.01. The minimum Gasteiger partial charge on any atom is -0.487 e. The van der Waals surface area contributed by atoms with Gasteiger partial charge in [0.05, 0.1) is 5.52 Å². The van der Waals surface area contributed by atoms with Crippen molar-refractivity contribution in [2.45, 2.75) is 32.9 Å². The van der Waals surface area contributed by atoms with E-state index in [2.05, 4.69) is 41.9 Å². The average Bonchev–Trinajstić information content (AvgIpc) is 3.29. The highest BCUT2D eigenvalue weighted by Gasteiger charge is 2.23. The molecular formula is C19H20N2O. The molecule has 3 aromatic rings. The first kappa shape index (κ1) is 13.4. The van der Waals surface area contributed by atoms with Crippen LogP contribution in [0.2, 0.25) is 0 Å². The first-order valence-corrected chi connectivity index (χ1v) is 7.94. The molecule has 1 aromatic heterocycles. The number of nitrogens with zero attached hydrogens (tertiary/aromatic N) is 2. The van der Waals surface area contributed by atoms with Crippen LogP contribution in [-0.2, 0) is 13.2 Å². The number of para-hydroxylation sites is 2. The lowest BCUT2D eigenvalue weighted by atomic mass is 10.2. The van der Waals surface area contributed by atoms with Crippen LogP contribution in [0.3, 0.4) is 0 Å². The van der Waals surface area contributed by atoms with E-state index in [1.807, 2.05) is 18.2 Å². The molecule has 0 atom stereocenters. The second-order valence-electron chi connectivity index (χ2n) is 6.14. The third kappa shape index (κ3) is 2.59. The maximum atomic E-state index is 5.99. The van der Waals surface area contributed by atoms with Gasteiger partial charge in [-0.2, -0.15) is 5.10 Å². The number of ether oxygens (including phenoxy) is 1. The minimum absolute atomic E-state index is 0.517. The maximum Gasteiger partial charge on any atom is 0.133 e. The zero-order valence-electron chi connectivity index (χ0n) is 12.8. The number of benzene rings is 2. The van der Waals surface area contributed by atoms with Crippen molar-refractivity contribution < 1.29 is 4.74 Å². The van der Waals surface area contributed by atoms with Crippen LogP contribution in [0.4, 0.5) is 0 Å². The number of hydrogen-bond acceptors (Lipinski definition) is 2. The van der Waals surface area contributed by atoms with E-state index in [0.29, 0.717) is 6.61 Å². The monoisotopic (exact) mass is 292 g/mol. The Morgan fingerprint density at radius 3 is 2.68 bits per heavy atom. The van der Waals surface area contributed by atoms with Crippen LogP contribution >= 0.6 is 0 Å². The fourth-order valence-corrected chi connectivity index (χ4v) is 2.85. The third-order valence-electron chi connectivity index (χ3n) is 4.32. The Bertz CT molecular complexity index is 802. The number of aryl methyl sites for hydroxylation is 1. The summed E-state index contributed by atoms with van der Waals surface area (Å²) >= 11 is 0. The first-order chi connectivity index (χ1) is 10.8. The smallest absolute Gasteiger partial charge is 0.133 e. The molecule has 1 heterocycles. The summed E-state index contributed by atoms with van der Waals surface area (Å²) in [5.41, 5.74) is 3.40. The van der Waals surface area contributed by atoms with Gasteiger partial charge in [0.15, 0.2) is 0 Å². The normalized spacial score (nSPS) is 14.4. The van der Waals surface area contributed by atoms with Crippen LogP contribution < -0.4 is 4.74 Å². The molecule has 0 N–H and O–H groups in total. The lowest BCUT2D eigenvalue weighted by Crippen LogP contribution is -2.03. The Labute approximate surface area is 130 Å². The predicted molar refractivity (Wildman–Crippen MR) is 88.0 cm³/mol. The summed E-state index contributed by atoms with van der Waals surface area (Å²) in [6, 6.07) is 16.6. The van der Waals surface area contributed by atoms with Crippen molar-refractivity contribution in [2.75, 3.05) is 0 Å². The van der Waals surface area contributed by atoms with Gasteiger partial charge in [0, 0.05) is 11.9 Å². The summed E-state index contributed by atoms with van der Waals surface area (Å²) in [4.78, 5) is 0. The van der Waals surface area contributed by atoms with Crippen molar-refractivity contribution >= 4 is 10.9 Å². The highest BCUT2D eigenvalue weighted by Crippen LogP contribution is 2.32. The van der Waals surface area contributed by atoms with Gasteiger partial charge in [-0.05, 0) is 43.4 Å². The molecule has 112 valence electrons. The quantitative estimate of drug-likeness (QED) is 0.699. The second-order valence-corrected chi connectivity index (χ2v) is 6.14. The van der Waals surface area contributed by atoms with Crippen molar-refractivity contribution in [2.24, 2.45) is 5.92 Å². The van der Waals surface area contributed by atoms with Crippen molar-refractivity contribution in [3.05, 3.63) is 59.8 Å². The molecule has 0 saturated heterocycles. The molecule has 2 aromatic carbocycles. The Kier molecular flexibility index (Phi) is 3.34. The van der Waals surface area contributed by atoms with Crippen LogP contribution in [0.1, 0.15) is 24.1 Å². The largest absolute Gasteiger partial charge is 0.487 e. The van der Waals surface area contributed by atoms with Gasteiger partial charge in [0.25, 0.3) is 0 Å². The second kappa shape index (κ2) is 5.48. The van der Waals surface area contributed by atoms with Gasteiger partial charge in [0.2, 0.25) is 0 Å². The molecule has 3 heteroatoms. The Morgan fingerprint density at radius 1 is 1.09 bits per heavy atom. The Hall–Kier alpha value is -2.29. The summed E-state index contributed by atoms with van der Waals surface area (Å²) < 4.78 is 8.15. The van der Waals surface area contributed by atoms with E-state index in [4.69, 9.17) is 9.84 Å². The number of aromatic nitrogens is 2. The summed E-state index contributed by atoms with van der Waals surface area (Å²) in [7, 11) is 0. The zero-order chi connectivity index (χ0) is 14.9. The maximum absolute atomic E-state index is 5.99. The van der Waals surface area contributed by atoms with Gasteiger partial charge in [0.1, 0.15) is 18.1 Å². The van der Waals surface area contributed by atoms with E-state index >= 15 is 0 Å². The van der Waals surface area contributed by atoms with Crippen molar-refractivity contribution in [3.63, 3.8) is 0 Å². The lowest BCUT2D eigenvalue weighted by Gasteiger charge is -2.07. The van der Waals surface area contributed by atoms with Gasteiger partial charge in [-0.1, -0.05) is 36.4 Å². The fraction of sp³-hybridized carbons (Fsp3) is 0.316. The third-order valence-corrected chi connectivity index (χ3v) is 4.32. The molecule has 4 rings (SSSR count). The Balaban J connectivity index is 1.62. The Morgan fingerprint density at radius 2 is 1.86 bits per heavy atom. The first-order valence-electron chi connectivity index (χ1n) is 7.94. The fourth-order valence-electron chi connectivity index (χ4n) is 2.85. The SMILES string of the molecule is Cc1ccccc1OCc1nn(CC2CC2)c2ccccc12. The van der Waals surface area contributed by atoms with E-state index in [1.165, 1.54) is 23.7 Å². The molecule has 1 aliphatic carbocycles. The van der Waals surface area contributed by atoms with E-state index in [1.54, 1.807) is 0 Å². The van der Waals surface area contributed by atoms with Crippen molar-refractivity contribution in [1.29, 1.82) is 0 Å². The van der Waals surface area contributed by atoms with Gasteiger partial charge < -0.3 is 4.74 Å². The summed E-state index contributed by atoms with van der Waals surface area (Å²) in [6.07, 6.45) is 2.67. The molecule has 0 unspecified atom stereocenters. The molecule has 0 spiro atoms. The number of rotatable bonds is 5. The standard InChI is InChI=1S/C19H20N2O/c1-14-6-2-5-9-19(14)22-13-17-16-7-3-4-8-18(16)21(20-17)12-15-10-11-15/h2-9,15H,10-13H2,1H3. The molecule has 1 saturated carbocycles. The molecule has 1 fully saturated rings. The molecule has 1 aliphatic rings. The lowest BCUT2D eigenvalue weighted by molar-refractivity contribution is 0.298. The van der Waals surface area contributed by atoms with Crippen molar-refractivity contribution in [3.8, 4) is 5.75 Å². The zero-order valence-corrected chi connectivity index (χ0v) is 12.8. The molecule has 0 aliphatic heterocycles. The van der Waals surface area contributed by atoms with E-state index < -0.39 is 0 Å². The predicted octanol–water partition coefficient (Wildman–Crippen LogP) is 4.33. The number of fused-ring (bicyclic) bond motifs is 1. The van der Waals surface area contributed by atoms with Gasteiger partial charge in [-0.3, -0.25) is 4.68 Å². The topological polar surface area (TPSA) is 27.1 Å². The van der Waals surface area contributed by atoms with Crippen LogP contribution in [0, 0.1) is 12.8 Å². The highest BCUT2D eigenvalue weighted by atomic mass is 16.5. The van der Waals surface area contributed by atoms with E-state index in [9.17, 15) is 0 Å². The van der Waals surface area contributed by atoms with Crippen LogP contribution in [0.25, 0.3) is 10.9 Å². The number of hydrogen-bond donors (Lipinski definition) is 0. The average molecular weight is 292 g/mol. The molecule has 3 nitrogen and oxygen atoms in total. The van der Waals surface area contributed by atoms with Gasteiger partial charge in [-0.15, -0.1) is 0 Å². The van der Waals surface area contributed by atoms with Crippen molar-refractivity contribution in [1.82, 2.24) is 9.78 Å². The van der Waals surface area contributed by atoms with Crippen LogP contribution in [0.5, 0.6) is 5.75 Å². The van der Waals surface area contributed by atoms with E-state index in [0.717, 1.165) is 29.5 Å². The molecule has 0 bridgehead atoms. The van der Waals surface area contributed by atoms with Gasteiger partial charge in [-0.25, -0.2) is 0 Å². The molecular weight excluding hydrogens is 272 g/mol. The highest BCUT2D eigenvalue weighted by molar-refractivity contribution is 5.81. The molecule has 22 heavy (non-hydrogen) atoms. The molecule has 0 radical (unpaired) electrons. The van der Waals surface area contributed by atoms with Crippen LogP contribution in [-0.4, -0.2) is 9.78 Å². The van der Waals surface area contributed by atoms with Crippen LogP contribution in [0.15, 0.2) is 48.5 Å². The van der Waals surface area contributed by atoms with E-state index in [-0.39, 0.29) is 0 Å². The minimum atomic E-state index is 0.517. The summed E-state index contributed by atoms with van der Waals surface area (Å²) in [5.74, 6) is 1.75.